The monoisotopic (exact) mass is 759 g/mol. The van der Waals surface area contributed by atoms with Gasteiger partial charge in [0.2, 0.25) is 0 Å². The van der Waals surface area contributed by atoms with Crippen molar-refractivity contribution in [3.8, 4) is 23.0 Å². The zero-order chi connectivity index (χ0) is 38.5. The lowest BCUT2D eigenvalue weighted by Gasteiger charge is -2.42. The molecular formula is C41H51F2N7O5. The smallest absolute Gasteiger partial charge is 0.410 e. The van der Waals surface area contributed by atoms with Gasteiger partial charge in [0.15, 0.2) is 12.6 Å². The van der Waals surface area contributed by atoms with Gasteiger partial charge in [0.05, 0.1) is 24.1 Å². The largest absolute Gasteiger partial charge is 0.468 e. The highest BCUT2D eigenvalue weighted by atomic mass is 19.1. The molecule has 5 heterocycles. The molecule has 2 bridgehead atoms. The van der Waals surface area contributed by atoms with Crippen LogP contribution in [0.5, 0.6) is 11.8 Å². The van der Waals surface area contributed by atoms with Gasteiger partial charge >= 0.3 is 12.1 Å². The van der Waals surface area contributed by atoms with Gasteiger partial charge < -0.3 is 34.1 Å². The highest BCUT2D eigenvalue weighted by Crippen LogP contribution is 2.47. The molecule has 1 aliphatic carbocycles. The van der Waals surface area contributed by atoms with Crippen molar-refractivity contribution in [2.75, 3.05) is 71.2 Å². The fourth-order valence-corrected chi connectivity index (χ4v) is 8.52. The number of halogens is 2. The second-order valence-electron chi connectivity index (χ2n) is 16.5. The summed E-state index contributed by atoms with van der Waals surface area (Å²) in [7, 11) is 1.52. The van der Waals surface area contributed by atoms with Gasteiger partial charge in [-0.1, -0.05) is 13.0 Å². The van der Waals surface area contributed by atoms with Crippen LogP contribution in [-0.4, -0.2) is 115 Å². The molecule has 4 fully saturated rings. The second-order valence-corrected chi connectivity index (χ2v) is 16.5. The molecule has 0 unspecified atom stereocenters. The second kappa shape index (κ2) is 14.9. The number of piperazine rings is 2. The molecule has 14 heteroatoms. The third kappa shape index (κ3) is 7.60. The maximum absolute atomic E-state index is 17.3. The zero-order valence-corrected chi connectivity index (χ0v) is 32.4. The average molecular weight is 760 g/mol. The Balaban J connectivity index is 1.20. The normalized spacial score (nSPS) is 21.0. The van der Waals surface area contributed by atoms with Crippen LogP contribution >= 0.6 is 0 Å². The topological polar surface area (TPSA) is 114 Å². The minimum Gasteiger partial charge on any atom is -0.468 e. The van der Waals surface area contributed by atoms with Crippen molar-refractivity contribution in [3.63, 3.8) is 0 Å². The number of carbonyl (C=O) groups is 1. The lowest BCUT2D eigenvalue weighted by Crippen LogP contribution is -2.57. The van der Waals surface area contributed by atoms with E-state index in [1.54, 1.807) is 24.4 Å². The van der Waals surface area contributed by atoms with Crippen molar-refractivity contribution in [2.24, 2.45) is 5.41 Å². The molecule has 1 amide bonds. The van der Waals surface area contributed by atoms with Crippen LogP contribution in [0.4, 0.5) is 19.4 Å². The molecule has 8 rings (SSSR count). The molecule has 2 aromatic carbocycles. The van der Waals surface area contributed by atoms with E-state index in [2.05, 4.69) is 15.1 Å². The van der Waals surface area contributed by atoms with Gasteiger partial charge in [-0.2, -0.15) is 9.97 Å². The van der Waals surface area contributed by atoms with E-state index in [0.29, 0.717) is 65.0 Å². The molecule has 2 atom stereocenters. The number of carbonyl (C=O) groups excluding carboxylic acids is 1. The van der Waals surface area contributed by atoms with Crippen molar-refractivity contribution in [1.82, 2.24) is 30.1 Å². The summed E-state index contributed by atoms with van der Waals surface area (Å²) in [5.41, 5.74) is 0.305. The molecule has 3 saturated heterocycles. The van der Waals surface area contributed by atoms with Crippen LogP contribution in [0.2, 0.25) is 0 Å². The molecule has 55 heavy (non-hydrogen) atoms. The maximum atomic E-state index is 17.3. The van der Waals surface area contributed by atoms with Crippen molar-refractivity contribution in [2.45, 2.75) is 77.5 Å². The van der Waals surface area contributed by atoms with Crippen molar-refractivity contribution in [3.05, 3.63) is 47.7 Å². The van der Waals surface area contributed by atoms with Gasteiger partial charge in [0, 0.05) is 70.1 Å². The van der Waals surface area contributed by atoms with E-state index in [4.69, 9.17) is 33.9 Å². The summed E-state index contributed by atoms with van der Waals surface area (Å²) in [6.07, 6.45) is 5.40. The number of nitrogens with one attached hydrogen (secondary N) is 1. The van der Waals surface area contributed by atoms with Crippen LogP contribution in [0.25, 0.3) is 32.9 Å². The van der Waals surface area contributed by atoms with E-state index in [1.807, 2.05) is 32.6 Å². The minimum absolute atomic E-state index is 0.00188. The highest BCUT2D eigenvalue weighted by Gasteiger charge is 2.46. The Hall–Kier alpha value is -4.40. The fourth-order valence-electron chi connectivity index (χ4n) is 8.52. The zero-order valence-electron chi connectivity index (χ0n) is 32.4. The lowest BCUT2D eigenvalue weighted by atomic mass is 9.94. The third-order valence-electron chi connectivity index (χ3n) is 11.4. The Morgan fingerprint density at radius 2 is 1.78 bits per heavy atom. The molecule has 4 aliphatic rings. The summed E-state index contributed by atoms with van der Waals surface area (Å²) >= 11 is 0. The van der Waals surface area contributed by atoms with Crippen LogP contribution in [-0.2, 0) is 15.9 Å². The van der Waals surface area contributed by atoms with Crippen LogP contribution < -0.4 is 19.7 Å². The molecular weight excluding hydrogens is 708 g/mol. The van der Waals surface area contributed by atoms with E-state index in [1.165, 1.54) is 13.2 Å². The number of hydrogen-bond donors (Lipinski definition) is 1. The summed E-state index contributed by atoms with van der Waals surface area (Å²) in [6, 6.07) is 6.45. The number of aromatic nitrogens is 3. The number of amides is 1. The molecule has 4 aromatic rings. The molecule has 3 aliphatic heterocycles. The van der Waals surface area contributed by atoms with Crippen LogP contribution in [0.1, 0.15) is 58.9 Å². The summed E-state index contributed by atoms with van der Waals surface area (Å²) in [5.74, 6) is -0.102. The maximum Gasteiger partial charge on any atom is 0.410 e. The summed E-state index contributed by atoms with van der Waals surface area (Å²) < 4.78 is 55.8. The van der Waals surface area contributed by atoms with Crippen molar-refractivity contribution in [1.29, 1.82) is 0 Å². The molecule has 294 valence electrons. The summed E-state index contributed by atoms with van der Waals surface area (Å²) in [4.78, 5) is 34.1. The van der Waals surface area contributed by atoms with Gasteiger partial charge in [0.1, 0.15) is 34.2 Å². The number of anilines is 1. The molecule has 1 saturated carbocycles. The number of ether oxygens (including phenoxy) is 4. The number of fused-ring (bicyclic) bond motifs is 4. The number of methoxy groups -OCH3 is 1. The number of hydrogen-bond acceptors (Lipinski definition) is 11. The predicted molar refractivity (Wildman–Crippen MR) is 206 cm³/mol. The molecule has 12 nitrogen and oxygen atoms in total. The summed E-state index contributed by atoms with van der Waals surface area (Å²) in [6.45, 7) is 13.7. The Kier molecular flexibility index (Phi) is 10.2. The van der Waals surface area contributed by atoms with Gasteiger partial charge in [-0.05, 0) is 87.4 Å². The first-order valence-electron chi connectivity index (χ1n) is 19.5. The third-order valence-corrected chi connectivity index (χ3v) is 11.4. The highest BCUT2D eigenvalue weighted by molar-refractivity contribution is 6.02. The Morgan fingerprint density at radius 1 is 1.04 bits per heavy atom. The predicted octanol–water partition coefficient (Wildman–Crippen LogP) is 6.32. The first-order chi connectivity index (χ1) is 26.5. The van der Waals surface area contributed by atoms with E-state index < -0.39 is 11.4 Å². The average Bonchev–Trinajstić information content (AvgIpc) is 3.87. The Labute approximate surface area is 320 Å². The van der Waals surface area contributed by atoms with E-state index in [0.717, 1.165) is 58.4 Å². The SMILES string of the molecule is CCc1c(F)ccc2cc(OCOC)cc(-c3ncc4c(N5C[C@H]6CC[C@@H](C5)N6C(=O)OC(C)(C)C)nc(OCC5(CN6CCNCC6)CC5)nc4c3F)c12. The first-order valence-corrected chi connectivity index (χ1v) is 19.5. The number of aryl methyl sites for hydroxylation is 1. The minimum atomic E-state index is -0.667. The Bertz CT molecular complexity index is 2070. The van der Waals surface area contributed by atoms with Crippen molar-refractivity contribution < 1.29 is 32.5 Å². The number of benzene rings is 2. The number of rotatable bonds is 11. The van der Waals surface area contributed by atoms with Gasteiger partial charge in [-0.3, -0.25) is 9.88 Å². The van der Waals surface area contributed by atoms with Gasteiger partial charge in [-0.25, -0.2) is 13.6 Å². The van der Waals surface area contributed by atoms with E-state index in [9.17, 15) is 4.79 Å². The van der Waals surface area contributed by atoms with E-state index >= 15 is 8.78 Å². The van der Waals surface area contributed by atoms with Gasteiger partial charge in [-0.15, -0.1) is 0 Å². The molecule has 0 spiro atoms. The molecule has 0 radical (unpaired) electrons. The Morgan fingerprint density at radius 3 is 2.45 bits per heavy atom. The van der Waals surface area contributed by atoms with Crippen LogP contribution in [0.15, 0.2) is 30.5 Å². The quantitative estimate of drug-likeness (QED) is 0.173. The lowest BCUT2D eigenvalue weighted by molar-refractivity contribution is 0.0122. The van der Waals surface area contributed by atoms with Crippen LogP contribution in [0.3, 0.4) is 0 Å². The van der Waals surface area contributed by atoms with Gasteiger partial charge in [0.25, 0.3) is 0 Å². The molecule has 1 N–H and O–H groups in total. The standard InChI is InChI=1S/C41H51F2N7O5/c1-6-29-32(42)10-7-25-17-28(54-24-52-5)18-30(33(25)29)35-34(43)36-31(19-45-35)37(49-20-26-8-9-27(21-49)50(26)39(51)55-40(2,3)4)47-38(46-36)53-23-41(11-12-41)22-48-15-13-44-14-16-48/h7,10,17-19,26-27,44H,6,8-9,11-16,20-24H2,1-5H3/t26-,27+. The first kappa shape index (κ1) is 37.5. The van der Waals surface area contributed by atoms with Crippen molar-refractivity contribution >= 4 is 33.6 Å². The van der Waals surface area contributed by atoms with Crippen LogP contribution in [0, 0.1) is 17.0 Å². The number of pyridine rings is 1. The molecule has 2 aromatic heterocycles. The summed E-state index contributed by atoms with van der Waals surface area (Å²) in [5, 5.41) is 5.09. The van der Waals surface area contributed by atoms with E-state index in [-0.39, 0.29) is 53.4 Å². The fraction of sp³-hybridized carbons (Fsp3) is 0.561. The number of nitrogens with zero attached hydrogens (tertiary/aromatic N) is 6.